The van der Waals surface area contributed by atoms with Crippen LogP contribution in [0.3, 0.4) is 0 Å². The Morgan fingerprint density at radius 1 is 1.45 bits per heavy atom. The Balaban J connectivity index is 1.75. The van der Waals surface area contributed by atoms with Gasteiger partial charge in [-0.1, -0.05) is 12.1 Å². The number of hydrogen-bond donors (Lipinski definition) is 2. The van der Waals surface area contributed by atoms with Gasteiger partial charge in [0.2, 0.25) is 5.91 Å². The molecule has 1 aromatic rings. The molecule has 0 aliphatic carbocycles. The van der Waals surface area contributed by atoms with E-state index >= 15 is 0 Å². The molecule has 5 nitrogen and oxygen atoms in total. The van der Waals surface area contributed by atoms with Crippen LogP contribution in [0.4, 0.5) is 11.4 Å². The largest absolute Gasteiger partial charge is 0.397 e. The first-order valence-electron chi connectivity index (χ1n) is 7.09. The Morgan fingerprint density at radius 2 is 2.20 bits per heavy atom. The number of carbonyl (C=O) groups excluding carboxylic acids is 1. The third kappa shape index (κ3) is 3.95. The van der Waals surface area contributed by atoms with Crippen LogP contribution in [-0.4, -0.2) is 55.5 Å². The van der Waals surface area contributed by atoms with Crippen LogP contribution in [0.25, 0.3) is 0 Å². The van der Waals surface area contributed by atoms with E-state index in [1.54, 1.807) is 6.07 Å². The number of para-hydroxylation sites is 2. The summed E-state index contributed by atoms with van der Waals surface area (Å²) in [6, 6.07) is 7.95. The standard InChI is InChI=1S/C15H24N4O/c1-18(2)12-7-9-19(11-12)10-8-15(20)17-14-6-4-3-5-13(14)16/h3-6,12H,7-11,16H2,1-2H3,(H,17,20). The summed E-state index contributed by atoms with van der Waals surface area (Å²) >= 11 is 0. The molecule has 1 aliphatic heterocycles. The summed E-state index contributed by atoms with van der Waals surface area (Å²) in [4.78, 5) is 16.5. The van der Waals surface area contributed by atoms with Gasteiger partial charge in [0.05, 0.1) is 11.4 Å². The average Bonchev–Trinajstić information content (AvgIpc) is 2.88. The first-order valence-corrected chi connectivity index (χ1v) is 7.09. The quantitative estimate of drug-likeness (QED) is 0.794. The maximum Gasteiger partial charge on any atom is 0.225 e. The average molecular weight is 276 g/mol. The van der Waals surface area contributed by atoms with Gasteiger partial charge >= 0.3 is 0 Å². The molecule has 1 aromatic carbocycles. The zero-order chi connectivity index (χ0) is 14.5. The van der Waals surface area contributed by atoms with Crippen molar-refractivity contribution in [2.45, 2.75) is 18.9 Å². The van der Waals surface area contributed by atoms with Crippen molar-refractivity contribution in [3.63, 3.8) is 0 Å². The van der Waals surface area contributed by atoms with Crippen molar-refractivity contribution in [3.05, 3.63) is 24.3 Å². The van der Waals surface area contributed by atoms with Gasteiger partial charge in [-0.15, -0.1) is 0 Å². The Kier molecular flexibility index (Phi) is 4.98. The zero-order valence-electron chi connectivity index (χ0n) is 12.3. The van der Waals surface area contributed by atoms with Crippen molar-refractivity contribution in [2.24, 2.45) is 0 Å². The van der Waals surface area contributed by atoms with Crippen LogP contribution in [0.5, 0.6) is 0 Å². The van der Waals surface area contributed by atoms with E-state index in [1.807, 2.05) is 18.2 Å². The molecule has 110 valence electrons. The summed E-state index contributed by atoms with van der Waals surface area (Å²) in [7, 11) is 4.22. The van der Waals surface area contributed by atoms with Crippen LogP contribution >= 0.6 is 0 Å². The molecule has 1 heterocycles. The summed E-state index contributed by atoms with van der Waals surface area (Å²) in [5.74, 6) is 0.0243. The third-order valence-electron chi connectivity index (χ3n) is 3.87. The van der Waals surface area contributed by atoms with Crippen molar-refractivity contribution in [1.29, 1.82) is 0 Å². The Hall–Kier alpha value is -1.59. The van der Waals surface area contributed by atoms with Gasteiger partial charge in [0.15, 0.2) is 0 Å². The van der Waals surface area contributed by atoms with E-state index in [-0.39, 0.29) is 5.91 Å². The molecule has 0 radical (unpaired) electrons. The molecule has 1 unspecified atom stereocenters. The normalized spacial score (nSPS) is 19.4. The number of likely N-dealkylation sites (tertiary alicyclic amines) is 1. The van der Waals surface area contributed by atoms with Crippen LogP contribution in [-0.2, 0) is 4.79 Å². The minimum absolute atomic E-state index is 0.0243. The summed E-state index contributed by atoms with van der Waals surface area (Å²) in [5.41, 5.74) is 7.11. The first-order chi connectivity index (χ1) is 9.56. The number of amides is 1. The Morgan fingerprint density at radius 3 is 2.85 bits per heavy atom. The lowest BCUT2D eigenvalue weighted by atomic mass is 10.2. The second kappa shape index (κ2) is 6.72. The fourth-order valence-corrected chi connectivity index (χ4v) is 2.52. The smallest absolute Gasteiger partial charge is 0.225 e. The molecule has 1 atom stereocenters. The molecule has 0 spiro atoms. The van der Waals surface area contributed by atoms with Gasteiger partial charge in [-0.05, 0) is 39.2 Å². The number of nitrogens with zero attached hydrogens (tertiary/aromatic N) is 2. The molecular weight excluding hydrogens is 252 g/mol. The highest BCUT2D eigenvalue weighted by atomic mass is 16.1. The predicted octanol–water partition coefficient (Wildman–Crippen LogP) is 1.23. The van der Waals surface area contributed by atoms with Crippen LogP contribution < -0.4 is 11.1 Å². The molecule has 0 bridgehead atoms. The van der Waals surface area contributed by atoms with Gasteiger partial charge in [-0.2, -0.15) is 0 Å². The van der Waals surface area contributed by atoms with Gasteiger partial charge in [0, 0.05) is 25.6 Å². The number of likely N-dealkylation sites (N-methyl/N-ethyl adjacent to an activating group) is 1. The summed E-state index contributed by atoms with van der Waals surface area (Å²) < 4.78 is 0. The van der Waals surface area contributed by atoms with Gasteiger partial charge in [-0.25, -0.2) is 0 Å². The van der Waals surface area contributed by atoms with E-state index in [0.717, 1.165) is 19.6 Å². The summed E-state index contributed by atoms with van der Waals surface area (Å²) in [6.07, 6.45) is 1.69. The SMILES string of the molecule is CN(C)C1CCN(CCC(=O)Nc2ccccc2N)C1. The second-order valence-corrected chi connectivity index (χ2v) is 5.59. The van der Waals surface area contributed by atoms with E-state index in [0.29, 0.717) is 23.8 Å². The number of rotatable bonds is 5. The second-order valence-electron chi connectivity index (χ2n) is 5.59. The monoisotopic (exact) mass is 276 g/mol. The van der Waals surface area contributed by atoms with Gasteiger partial charge in [0.1, 0.15) is 0 Å². The van der Waals surface area contributed by atoms with Crippen molar-refractivity contribution < 1.29 is 4.79 Å². The Bertz CT molecular complexity index is 461. The van der Waals surface area contributed by atoms with Crippen LogP contribution in [0.2, 0.25) is 0 Å². The van der Waals surface area contributed by atoms with E-state index < -0.39 is 0 Å². The molecular formula is C15H24N4O. The lowest BCUT2D eigenvalue weighted by Crippen LogP contribution is -2.32. The van der Waals surface area contributed by atoms with E-state index in [2.05, 4.69) is 29.2 Å². The van der Waals surface area contributed by atoms with Crippen LogP contribution in [0.1, 0.15) is 12.8 Å². The number of anilines is 2. The maximum atomic E-state index is 11.9. The number of nitrogen functional groups attached to an aromatic ring is 1. The maximum absolute atomic E-state index is 11.9. The predicted molar refractivity (Wildman–Crippen MR) is 82.6 cm³/mol. The summed E-state index contributed by atoms with van der Waals surface area (Å²) in [5, 5.41) is 2.87. The van der Waals surface area contributed by atoms with Crippen molar-refractivity contribution in [3.8, 4) is 0 Å². The first kappa shape index (κ1) is 14.8. The molecule has 3 N–H and O–H groups in total. The minimum atomic E-state index is 0.0243. The van der Waals surface area contributed by atoms with Crippen molar-refractivity contribution in [1.82, 2.24) is 9.80 Å². The molecule has 20 heavy (non-hydrogen) atoms. The zero-order valence-corrected chi connectivity index (χ0v) is 12.3. The highest BCUT2D eigenvalue weighted by Crippen LogP contribution is 2.17. The van der Waals surface area contributed by atoms with Gasteiger partial charge < -0.3 is 20.9 Å². The highest BCUT2D eigenvalue weighted by molar-refractivity contribution is 5.93. The van der Waals surface area contributed by atoms with Crippen LogP contribution in [0, 0.1) is 0 Å². The molecule has 1 saturated heterocycles. The lowest BCUT2D eigenvalue weighted by Gasteiger charge is -2.20. The van der Waals surface area contributed by atoms with Gasteiger partial charge in [0.25, 0.3) is 0 Å². The minimum Gasteiger partial charge on any atom is -0.397 e. The molecule has 5 heteroatoms. The van der Waals surface area contributed by atoms with E-state index in [1.165, 1.54) is 6.42 Å². The fourth-order valence-electron chi connectivity index (χ4n) is 2.52. The summed E-state index contributed by atoms with van der Waals surface area (Å²) in [6.45, 7) is 2.93. The molecule has 0 saturated carbocycles. The Labute approximate surface area is 120 Å². The molecule has 1 aliphatic rings. The number of nitrogens with one attached hydrogen (secondary N) is 1. The number of benzene rings is 1. The number of carbonyl (C=O) groups is 1. The molecule has 1 amide bonds. The van der Waals surface area contributed by atoms with E-state index in [4.69, 9.17) is 5.73 Å². The molecule has 0 aromatic heterocycles. The van der Waals surface area contributed by atoms with Gasteiger partial charge in [-0.3, -0.25) is 4.79 Å². The van der Waals surface area contributed by atoms with Crippen molar-refractivity contribution >= 4 is 17.3 Å². The van der Waals surface area contributed by atoms with Crippen molar-refractivity contribution in [2.75, 3.05) is 44.8 Å². The number of nitrogens with two attached hydrogens (primary N) is 1. The van der Waals surface area contributed by atoms with E-state index in [9.17, 15) is 4.79 Å². The molecule has 2 rings (SSSR count). The third-order valence-corrected chi connectivity index (χ3v) is 3.87. The van der Waals surface area contributed by atoms with Crippen LogP contribution in [0.15, 0.2) is 24.3 Å². The fraction of sp³-hybridized carbons (Fsp3) is 0.533. The highest BCUT2D eigenvalue weighted by Gasteiger charge is 2.23. The lowest BCUT2D eigenvalue weighted by molar-refractivity contribution is -0.116. The number of hydrogen-bond acceptors (Lipinski definition) is 4. The molecule has 1 fully saturated rings. The topological polar surface area (TPSA) is 61.6 Å².